The minimum atomic E-state index is 0.255. The predicted molar refractivity (Wildman–Crippen MR) is 67.4 cm³/mol. The number of anilines is 1. The molecule has 2 rings (SSSR count). The van der Waals surface area contributed by atoms with E-state index in [-0.39, 0.29) is 5.75 Å². The van der Waals surface area contributed by atoms with Crippen LogP contribution in [-0.2, 0) is 6.54 Å². The lowest BCUT2D eigenvalue weighted by Crippen LogP contribution is -1.99. The Bertz CT molecular complexity index is 474. The fourth-order valence-corrected chi connectivity index (χ4v) is 1.76. The summed E-state index contributed by atoms with van der Waals surface area (Å²) in [7, 11) is 0. The monoisotopic (exact) mass is 278 g/mol. The molecule has 0 aliphatic carbocycles. The van der Waals surface area contributed by atoms with Crippen molar-refractivity contribution in [3.8, 4) is 5.75 Å². The smallest absolute Gasteiger partial charge is 0.129 e. The number of hydrogen-bond donors (Lipinski definition) is 2. The maximum absolute atomic E-state index is 9.35. The van der Waals surface area contributed by atoms with Gasteiger partial charge in [-0.05, 0) is 45.8 Å². The van der Waals surface area contributed by atoms with Crippen LogP contribution in [0.25, 0.3) is 0 Å². The highest BCUT2D eigenvalue weighted by atomic mass is 79.9. The Hall–Kier alpha value is -1.55. The van der Waals surface area contributed by atoms with Crippen LogP contribution >= 0.6 is 15.9 Å². The minimum Gasteiger partial charge on any atom is -0.507 e. The predicted octanol–water partition coefficient (Wildman–Crippen LogP) is 3.16. The quantitative estimate of drug-likeness (QED) is 0.907. The molecule has 2 aromatic rings. The summed E-state index contributed by atoms with van der Waals surface area (Å²) in [4.78, 5) is 4.02. The molecule has 3 nitrogen and oxygen atoms in total. The Morgan fingerprint density at radius 2 is 2.19 bits per heavy atom. The van der Waals surface area contributed by atoms with Gasteiger partial charge in [-0.3, -0.25) is 4.98 Å². The van der Waals surface area contributed by atoms with Crippen LogP contribution in [0.15, 0.2) is 47.2 Å². The summed E-state index contributed by atoms with van der Waals surface area (Å²) in [5, 5.41) is 12.6. The molecular weight excluding hydrogens is 268 g/mol. The third-order valence-electron chi connectivity index (χ3n) is 2.17. The Morgan fingerprint density at radius 1 is 1.31 bits per heavy atom. The molecule has 0 saturated heterocycles. The highest BCUT2D eigenvalue weighted by Crippen LogP contribution is 2.24. The van der Waals surface area contributed by atoms with Gasteiger partial charge in [0.25, 0.3) is 0 Å². The van der Waals surface area contributed by atoms with Crippen molar-refractivity contribution in [2.45, 2.75) is 6.54 Å². The van der Waals surface area contributed by atoms with Gasteiger partial charge in [0, 0.05) is 18.9 Å². The van der Waals surface area contributed by atoms with Crippen molar-refractivity contribution in [1.29, 1.82) is 0 Å². The van der Waals surface area contributed by atoms with Crippen LogP contribution in [0.5, 0.6) is 5.75 Å². The third-order valence-corrected chi connectivity index (χ3v) is 2.81. The summed E-state index contributed by atoms with van der Waals surface area (Å²) in [6.45, 7) is 0.699. The first-order chi connectivity index (χ1) is 7.75. The minimum absolute atomic E-state index is 0.255. The fourth-order valence-electron chi connectivity index (χ4n) is 1.33. The van der Waals surface area contributed by atoms with Crippen molar-refractivity contribution in [3.05, 3.63) is 52.8 Å². The zero-order chi connectivity index (χ0) is 11.4. The number of phenolic OH excluding ortho intramolecular Hbond substituents is 1. The second kappa shape index (κ2) is 4.99. The lowest BCUT2D eigenvalue weighted by molar-refractivity contribution is 0.471. The van der Waals surface area contributed by atoms with Crippen LogP contribution in [0.4, 0.5) is 5.69 Å². The van der Waals surface area contributed by atoms with Crippen LogP contribution < -0.4 is 5.32 Å². The SMILES string of the molecule is Oc1ccc(CNc2cccnc2)cc1Br. The van der Waals surface area contributed by atoms with Gasteiger partial charge in [0.05, 0.1) is 10.2 Å². The highest BCUT2D eigenvalue weighted by molar-refractivity contribution is 9.10. The molecule has 1 heterocycles. The molecule has 0 bridgehead atoms. The first kappa shape index (κ1) is 11.0. The normalized spacial score (nSPS) is 10.1. The van der Waals surface area contributed by atoms with Gasteiger partial charge in [0.2, 0.25) is 0 Å². The van der Waals surface area contributed by atoms with E-state index in [0.717, 1.165) is 11.3 Å². The second-order valence-electron chi connectivity index (χ2n) is 3.38. The molecule has 0 unspecified atom stereocenters. The Balaban J connectivity index is 2.03. The maximum Gasteiger partial charge on any atom is 0.129 e. The number of phenols is 1. The van der Waals surface area contributed by atoms with E-state index in [0.29, 0.717) is 11.0 Å². The van der Waals surface area contributed by atoms with E-state index in [1.807, 2.05) is 24.3 Å². The Labute approximate surface area is 102 Å². The van der Waals surface area contributed by atoms with E-state index in [1.54, 1.807) is 18.5 Å². The van der Waals surface area contributed by atoms with Gasteiger partial charge in [0.15, 0.2) is 0 Å². The van der Waals surface area contributed by atoms with Crippen LogP contribution in [0.3, 0.4) is 0 Å². The van der Waals surface area contributed by atoms with Gasteiger partial charge >= 0.3 is 0 Å². The van der Waals surface area contributed by atoms with Crippen LogP contribution in [0, 0.1) is 0 Å². The number of pyridine rings is 1. The van der Waals surface area contributed by atoms with Gasteiger partial charge in [0.1, 0.15) is 5.75 Å². The van der Waals surface area contributed by atoms with Gasteiger partial charge in [-0.25, -0.2) is 0 Å². The van der Waals surface area contributed by atoms with E-state index in [9.17, 15) is 5.11 Å². The van der Waals surface area contributed by atoms with Crippen molar-refractivity contribution in [2.24, 2.45) is 0 Å². The summed E-state index contributed by atoms with van der Waals surface area (Å²) >= 11 is 3.28. The van der Waals surface area contributed by atoms with Crippen LogP contribution in [0.1, 0.15) is 5.56 Å². The number of hydrogen-bond acceptors (Lipinski definition) is 3. The number of aromatic nitrogens is 1. The molecule has 0 aliphatic rings. The molecule has 0 spiro atoms. The average molecular weight is 279 g/mol. The van der Waals surface area contributed by atoms with Crippen molar-refractivity contribution >= 4 is 21.6 Å². The zero-order valence-electron chi connectivity index (χ0n) is 8.52. The lowest BCUT2D eigenvalue weighted by Gasteiger charge is -2.06. The molecule has 82 valence electrons. The van der Waals surface area contributed by atoms with Crippen molar-refractivity contribution in [3.63, 3.8) is 0 Å². The number of nitrogens with zero attached hydrogens (tertiary/aromatic N) is 1. The molecule has 16 heavy (non-hydrogen) atoms. The molecule has 0 saturated carbocycles. The van der Waals surface area contributed by atoms with Gasteiger partial charge in [-0.2, -0.15) is 0 Å². The van der Waals surface area contributed by atoms with E-state index in [1.165, 1.54) is 0 Å². The molecular formula is C12H11BrN2O. The van der Waals surface area contributed by atoms with Crippen LogP contribution in [-0.4, -0.2) is 10.1 Å². The first-order valence-corrected chi connectivity index (χ1v) is 5.66. The molecule has 2 N–H and O–H groups in total. The van der Waals surface area contributed by atoms with E-state index in [4.69, 9.17) is 0 Å². The van der Waals surface area contributed by atoms with Gasteiger partial charge < -0.3 is 10.4 Å². The number of nitrogens with one attached hydrogen (secondary N) is 1. The summed E-state index contributed by atoms with van der Waals surface area (Å²) in [6, 6.07) is 9.28. The molecule has 0 aliphatic heterocycles. The molecule has 0 amide bonds. The second-order valence-corrected chi connectivity index (χ2v) is 4.24. The summed E-state index contributed by atoms with van der Waals surface area (Å²) < 4.78 is 0.706. The Morgan fingerprint density at radius 3 is 2.88 bits per heavy atom. The average Bonchev–Trinajstić information content (AvgIpc) is 2.32. The zero-order valence-corrected chi connectivity index (χ0v) is 10.1. The molecule has 1 aromatic heterocycles. The molecule has 0 fully saturated rings. The van der Waals surface area contributed by atoms with Crippen LogP contribution in [0.2, 0.25) is 0 Å². The largest absolute Gasteiger partial charge is 0.507 e. The van der Waals surface area contributed by atoms with Crippen molar-refractivity contribution < 1.29 is 5.11 Å². The van der Waals surface area contributed by atoms with E-state index >= 15 is 0 Å². The van der Waals surface area contributed by atoms with Crippen molar-refractivity contribution in [2.75, 3.05) is 5.32 Å². The fraction of sp³-hybridized carbons (Fsp3) is 0.0833. The highest BCUT2D eigenvalue weighted by Gasteiger charge is 1.99. The molecule has 0 atom stereocenters. The van der Waals surface area contributed by atoms with E-state index < -0.39 is 0 Å². The van der Waals surface area contributed by atoms with Crippen molar-refractivity contribution in [1.82, 2.24) is 4.98 Å². The first-order valence-electron chi connectivity index (χ1n) is 4.87. The summed E-state index contributed by atoms with van der Waals surface area (Å²) in [6.07, 6.45) is 3.51. The number of rotatable bonds is 3. The number of halogens is 1. The van der Waals surface area contributed by atoms with E-state index in [2.05, 4.69) is 26.2 Å². The molecule has 0 radical (unpaired) electrons. The summed E-state index contributed by atoms with van der Waals surface area (Å²) in [5.74, 6) is 0.255. The number of aromatic hydroxyl groups is 1. The maximum atomic E-state index is 9.35. The van der Waals surface area contributed by atoms with Gasteiger partial charge in [-0.1, -0.05) is 6.07 Å². The third kappa shape index (κ3) is 2.73. The standard InChI is InChI=1S/C12H11BrN2O/c13-11-6-9(3-4-12(11)16)7-15-10-2-1-5-14-8-10/h1-6,8,15-16H,7H2. The summed E-state index contributed by atoms with van der Waals surface area (Å²) in [5.41, 5.74) is 2.07. The topological polar surface area (TPSA) is 45.1 Å². The molecule has 1 aromatic carbocycles. The molecule has 4 heteroatoms. The number of benzene rings is 1. The Kier molecular flexibility index (Phi) is 3.41. The lowest BCUT2D eigenvalue weighted by atomic mass is 10.2. The van der Waals surface area contributed by atoms with Gasteiger partial charge in [-0.15, -0.1) is 0 Å².